The van der Waals surface area contributed by atoms with E-state index in [1.165, 1.54) is 0 Å². The number of aromatic nitrogens is 2. The van der Waals surface area contributed by atoms with Crippen LogP contribution in [0, 0.1) is 6.92 Å². The summed E-state index contributed by atoms with van der Waals surface area (Å²) in [6, 6.07) is 13.0. The van der Waals surface area contributed by atoms with E-state index in [2.05, 4.69) is 4.98 Å². The highest BCUT2D eigenvalue weighted by molar-refractivity contribution is 6.32. The molecule has 0 aliphatic carbocycles. The highest BCUT2D eigenvalue weighted by Gasteiger charge is 2.15. The molecule has 0 atom stereocenters. The van der Waals surface area contributed by atoms with Crippen LogP contribution >= 0.6 is 24.0 Å². The number of aryl methyl sites for hydroxylation is 2. The van der Waals surface area contributed by atoms with Gasteiger partial charge in [-0.15, -0.1) is 12.4 Å². The predicted molar refractivity (Wildman–Crippen MR) is 93.7 cm³/mol. The summed E-state index contributed by atoms with van der Waals surface area (Å²) in [6.07, 6.45) is 0.657. The van der Waals surface area contributed by atoms with Crippen LogP contribution < -0.4 is 5.56 Å². The largest absolute Gasteiger partial charge is 0.268 e. The van der Waals surface area contributed by atoms with Crippen molar-refractivity contribution in [3.05, 3.63) is 69.2 Å². The summed E-state index contributed by atoms with van der Waals surface area (Å²) in [4.78, 5) is 17.5. The van der Waals surface area contributed by atoms with Crippen molar-refractivity contribution < 1.29 is 0 Å². The van der Waals surface area contributed by atoms with Crippen molar-refractivity contribution in [1.29, 1.82) is 0 Å². The Morgan fingerprint density at radius 2 is 1.86 bits per heavy atom. The standard InChI is InChI=1S/C17H15ClN2O.ClH/c1-3-15-19-14-10-5-4-8-12(14)17(21)20(15)16-11(2)7-6-9-13(16)18;/h4-10H,3H2,1-2H3;1H. The minimum atomic E-state index is -0.0753. The second kappa shape index (κ2) is 6.51. The molecule has 0 aliphatic heterocycles. The van der Waals surface area contributed by atoms with E-state index in [4.69, 9.17) is 11.6 Å². The first kappa shape index (κ1) is 16.5. The lowest BCUT2D eigenvalue weighted by molar-refractivity contribution is 0.829. The Morgan fingerprint density at radius 1 is 1.14 bits per heavy atom. The lowest BCUT2D eigenvalue weighted by Crippen LogP contribution is -2.24. The third kappa shape index (κ3) is 2.62. The molecule has 0 unspecified atom stereocenters. The van der Waals surface area contributed by atoms with Gasteiger partial charge in [-0.1, -0.05) is 42.8 Å². The highest BCUT2D eigenvalue weighted by Crippen LogP contribution is 2.24. The number of halogens is 2. The Kier molecular flexibility index (Phi) is 4.89. The summed E-state index contributed by atoms with van der Waals surface area (Å²) < 4.78 is 1.64. The van der Waals surface area contributed by atoms with E-state index >= 15 is 0 Å². The van der Waals surface area contributed by atoms with E-state index in [0.717, 1.165) is 22.6 Å². The average Bonchev–Trinajstić information content (AvgIpc) is 2.49. The molecule has 0 fully saturated rings. The zero-order valence-electron chi connectivity index (χ0n) is 12.3. The smallest absolute Gasteiger partial charge is 0.266 e. The molecule has 0 radical (unpaired) electrons. The summed E-state index contributed by atoms with van der Waals surface area (Å²) >= 11 is 6.33. The molecule has 0 N–H and O–H groups in total. The first-order valence-corrected chi connectivity index (χ1v) is 7.27. The van der Waals surface area contributed by atoms with Gasteiger partial charge in [0.05, 0.1) is 21.6 Å². The van der Waals surface area contributed by atoms with Gasteiger partial charge in [0.2, 0.25) is 0 Å². The molecule has 3 nitrogen and oxygen atoms in total. The minimum absolute atomic E-state index is 0. The van der Waals surface area contributed by atoms with Crippen LogP contribution in [0.15, 0.2) is 47.3 Å². The molecule has 0 saturated carbocycles. The zero-order valence-corrected chi connectivity index (χ0v) is 13.9. The first-order valence-electron chi connectivity index (χ1n) is 6.89. The molecule has 0 bridgehead atoms. The van der Waals surface area contributed by atoms with Crippen LogP contribution in [0.4, 0.5) is 0 Å². The van der Waals surface area contributed by atoms with Crippen molar-refractivity contribution in [1.82, 2.24) is 9.55 Å². The van der Waals surface area contributed by atoms with Crippen molar-refractivity contribution in [2.75, 3.05) is 0 Å². The van der Waals surface area contributed by atoms with Crippen LogP contribution in [-0.4, -0.2) is 9.55 Å². The normalized spacial score (nSPS) is 10.5. The topological polar surface area (TPSA) is 34.9 Å². The molecule has 3 aromatic rings. The molecular weight excluding hydrogens is 319 g/mol. The van der Waals surface area contributed by atoms with E-state index in [-0.39, 0.29) is 18.0 Å². The Morgan fingerprint density at radius 3 is 2.55 bits per heavy atom. The maximum Gasteiger partial charge on any atom is 0.266 e. The Labute approximate surface area is 140 Å². The third-order valence-corrected chi connectivity index (χ3v) is 3.88. The van der Waals surface area contributed by atoms with Crippen molar-refractivity contribution in [3.8, 4) is 5.69 Å². The number of hydrogen-bond acceptors (Lipinski definition) is 2. The van der Waals surface area contributed by atoms with Crippen molar-refractivity contribution in [2.24, 2.45) is 0 Å². The van der Waals surface area contributed by atoms with Crippen molar-refractivity contribution in [3.63, 3.8) is 0 Å². The lowest BCUT2D eigenvalue weighted by atomic mass is 10.1. The maximum absolute atomic E-state index is 12.9. The number of benzene rings is 2. The summed E-state index contributed by atoms with van der Waals surface area (Å²) in [5.41, 5.74) is 2.32. The van der Waals surface area contributed by atoms with E-state index in [1.807, 2.05) is 44.2 Å². The Hall–Kier alpha value is -1.84. The third-order valence-electron chi connectivity index (χ3n) is 3.57. The Bertz CT molecular complexity index is 867. The van der Waals surface area contributed by atoms with Crippen molar-refractivity contribution >= 4 is 34.9 Å². The SMILES string of the molecule is CCc1nc2ccccc2c(=O)n1-c1c(C)cccc1Cl.Cl. The van der Waals surface area contributed by atoms with Crippen molar-refractivity contribution in [2.45, 2.75) is 20.3 Å². The fraction of sp³-hybridized carbons (Fsp3) is 0.176. The molecule has 114 valence electrons. The summed E-state index contributed by atoms with van der Waals surface area (Å²) in [5, 5.41) is 1.16. The summed E-state index contributed by atoms with van der Waals surface area (Å²) in [5.74, 6) is 0.718. The second-order valence-corrected chi connectivity index (χ2v) is 5.35. The molecule has 3 rings (SSSR count). The number of nitrogens with zero attached hydrogens (tertiary/aromatic N) is 2. The molecule has 0 aliphatic rings. The van der Waals surface area contributed by atoms with E-state index in [9.17, 15) is 4.79 Å². The highest BCUT2D eigenvalue weighted by atomic mass is 35.5. The Balaban J connectivity index is 0.00000176. The number of hydrogen-bond donors (Lipinski definition) is 0. The van der Waals surface area contributed by atoms with Gasteiger partial charge in [-0.3, -0.25) is 9.36 Å². The summed E-state index contributed by atoms with van der Waals surface area (Å²) in [7, 11) is 0. The predicted octanol–water partition coefficient (Wildman–Crippen LogP) is 4.33. The molecule has 2 aromatic carbocycles. The van der Waals surface area contributed by atoms with Crippen LogP contribution in [0.5, 0.6) is 0 Å². The molecule has 1 heterocycles. The summed E-state index contributed by atoms with van der Waals surface area (Å²) in [6.45, 7) is 3.93. The second-order valence-electron chi connectivity index (χ2n) is 4.94. The fourth-order valence-corrected chi connectivity index (χ4v) is 2.86. The lowest BCUT2D eigenvalue weighted by Gasteiger charge is -2.15. The van der Waals surface area contributed by atoms with Crippen LogP contribution in [-0.2, 0) is 6.42 Å². The first-order chi connectivity index (χ1) is 10.1. The van der Waals surface area contributed by atoms with Gasteiger partial charge >= 0.3 is 0 Å². The van der Waals surface area contributed by atoms with Crippen LogP contribution in [0.25, 0.3) is 16.6 Å². The van der Waals surface area contributed by atoms with Crippen LogP contribution in [0.3, 0.4) is 0 Å². The van der Waals surface area contributed by atoms with Crippen LogP contribution in [0.1, 0.15) is 18.3 Å². The van der Waals surface area contributed by atoms with E-state index in [1.54, 1.807) is 16.7 Å². The molecular formula is C17H16Cl2N2O. The van der Waals surface area contributed by atoms with Gasteiger partial charge in [0, 0.05) is 6.42 Å². The van der Waals surface area contributed by atoms with E-state index < -0.39 is 0 Å². The number of rotatable bonds is 2. The van der Waals surface area contributed by atoms with Gasteiger partial charge in [0.1, 0.15) is 5.82 Å². The monoisotopic (exact) mass is 334 g/mol. The fourth-order valence-electron chi connectivity index (χ4n) is 2.55. The average molecular weight is 335 g/mol. The quantitative estimate of drug-likeness (QED) is 0.699. The number of para-hydroxylation sites is 2. The molecule has 0 saturated heterocycles. The minimum Gasteiger partial charge on any atom is -0.268 e. The van der Waals surface area contributed by atoms with Gasteiger partial charge in [-0.25, -0.2) is 4.98 Å². The van der Waals surface area contributed by atoms with Gasteiger partial charge < -0.3 is 0 Å². The zero-order chi connectivity index (χ0) is 15.0. The van der Waals surface area contributed by atoms with Gasteiger partial charge in [-0.2, -0.15) is 0 Å². The molecule has 5 heteroatoms. The maximum atomic E-state index is 12.9. The molecule has 22 heavy (non-hydrogen) atoms. The molecule has 1 aromatic heterocycles. The molecule has 0 amide bonds. The van der Waals surface area contributed by atoms with Crippen LogP contribution in [0.2, 0.25) is 5.02 Å². The van der Waals surface area contributed by atoms with E-state index in [0.29, 0.717) is 16.8 Å². The molecule has 0 spiro atoms. The van der Waals surface area contributed by atoms with Gasteiger partial charge in [0.25, 0.3) is 5.56 Å². The number of fused-ring (bicyclic) bond motifs is 1. The van der Waals surface area contributed by atoms with Gasteiger partial charge in [0.15, 0.2) is 0 Å². The van der Waals surface area contributed by atoms with Gasteiger partial charge in [-0.05, 0) is 30.7 Å².